The predicted molar refractivity (Wildman–Crippen MR) is 66.5 cm³/mol. The molecule has 1 rings (SSSR count). The highest BCUT2D eigenvalue weighted by Gasteiger charge is 2.24. The summed E-state index contributed by atoms with van der Waals surface area (Å²) in [5, 5.41) is 0. The molecule has 0 bridgehead atoms. The number of unbranched alkanes of at least 4 members (excludes halogenated alkanes) is 1. The van der Waals surface area contributed by atoms with E-state index in [0.29, 0.717) is 6.54 Å². The molecule has 0 radical (unpaired) electrons. The second kappa shape index (κ2) is 7.31. The first kappa shape index (κ1) is 14.9. The zero-order valence-electron chi connectivity index (χ0n) is 10.7. The van der Waals surface area contributed by atoms with Crippen molar-refractivity contribution in [1.82, 2.24) is 4.90 Å². The highest BCUT2D eigenvalue weighted by Crippen LogP contribution is 2.13. The average molecular weight is 265 g/mol. The summed E-state index contributed by atoms with van der Waals surface area (Å²) in [6.45, 7) is 5.23. The van der Waals surface area contributed by atoms with Gasteiger partial charge in [0, 0.05) is 26.2 Å². The number of rotatable bonds is 8. The van der Waals surface area contributed by atoms with Crippen molar-refractivity contribution >= 4 is 10.1 Å². The first-order valence-corrected chi connectivity index (χ1v) is 7.77. The van der Waals surface area contributed by atoms with Gasteiger partial charge >= 0.3 is 0 Å². The molecular formula is C11H23NO4S. The Hall–Kier alpha value is -0.170. The van der Waals surface area contributed by atoms with E-state index in [4.69, 9.17) is 4.74 Å². The second-order valence-corrected chi connectivity index (χ2v) is 6.22. The van der Waals surface area contributed by atoms with Crippen LogP contribution in [0.25, 0.3) is 0 Å². The fraction of sp³-hybridized carbons (Fsp3) is 1.00. The lowest BCUT2D eigenvalue weighted by molar-refractivity contribution is 0.0576. The fourth-order valence-corrected chi connectivity index (χ4v) is 2.50. The van der Waals surface area contributed by atoms with Gasteiger partial charge in [-0.05, 0) is 12.8 Å². The molecule has 1 atom stereocenters. The summed E-state index contributed by atoms with van der Waals surface area (Å²) in [5.74, 6) is 0.0607. The molecule has 0 N–H and O–H groups in total. The molecule has 6 heteroatoms. The molecule has 102 valence electrons. The van der Waals surface area contributed by atoms with Crippen molar-refractivity contribution in [2.75, 3.05) is 39.1 Å². The summed E-state index contributed by atoms with van der Waals surface area (Å²) < 4.78 is 32.5. The molecule has 0 aromatic carbocycles. The third-order valence-electron chi connectivity index (χ3n) is 2.99. The third kappa shape index (κ3) is 5.81. The molecule has 0 aliphatic carbocycles. The van der Waals surface area contributed by atoms with Crippen molar-refractivity contribution in [1.29, 1.82) is 0 Å². The van der Waals surface area contributed by atoms with Crippen LogP contribution < -0.4 is 0 Å². The molecule has 0 saturated carbocycles. The molecular weight excluding hydrogens is 242 g/mol. The molecule has 1 aliphatic heterocycles. The standard InChI is InChI=1S/C11H23NO4S/c1-3-4-8-16-11-5-6-12(10-11)7-9-17(13,14)15-2/h11H,3-10H2,1-2H3. The van der Waals surface area contributed by atoms with Gasteiger partial charge in [0.1, 0.15) is 0 Å². The number of ether oxygens (including phenoxy) is 1. The second-order valence-electron chi connectivity index (χ2n) is 4.36. The number of hydrogen-bond acceptors (Lipinski definition) is 5. The van der Waals surface area contributed by atoms with E-state index in [9.17, 15) is 8.42 Å². The molecule has 5 nitrogen and oxygen atoms in total. The zero-order chi connectivity index (χ0) is 12.7. The van der Waals surface area contributed by atoms with Gasteiger partial charge in [0.15, 0.2) is 0 Å². The van der Waals surface area contributed by atoms with Crippen LogP contribution in [0.5, 0.6) is 0 Å². The van der Waals surface area contributed by atoms with Gasteiger partial charge in [-0.2, -0.15) is 8.42 Å². The number of hydrogen-bond donors (Lipinski definition) is 0. The maximum Gasteiger partial charge on any atom is 0.268 e. The van der Waals surface area contributed by atoms with Crippen molar-refractivity contribution in [3.63, 3.8) is 0 Å². The molecule has 1 heterocycles. The summed E-state index contributed by atoms with van der Waals surface area (Å²) >= 11 is 0. The van der Waals surface area contributed by atoms with E-state index in [0.717, 1.165) is 39.0 Å². The molecule has 0 amide bonds. The SMILES string of the molecule is CCCCOC1CCN(CCS(=O)(=O)OC)C1. The molecule has 1 unspecified atom stereocenters. The maximum absolute atomic E-state index is 11.2. The van der Waals surface area contributed by atoms with E-state index in [1.54, 1.807) is 0 Å². The van der Waals surface area contributed by atoms with Gasteiger partial charge in [-0.1, -0.05) is 13.3 Å². The van der Waals surface area contributed by atoms with Crippen LogP contribution in [0.3, 0.4) is 0 Å². The van der Waals surface area contributed by atoms with Crippen LogP contribution in [0, 0.1) is 0 Å². The monoisotopic (exact) mass is 265 g/mol. The Morgan fingerprint density at radius 2 is 2.18 bits per heavy atom. The van der Waals surface area contributed by atoms with Gasteiger partial charge in [-0.3, -0.25) is 9.08 Å². The number of nitrogens with zero attached hydrogens (tertiary/aromatic N) is 1. The summed E-state index contributed by atoms with van der Waals surface area (Å²) in [6, 6.07) is 0. The van der Waals surface area contributed by atoms with Crippen LogP contribution in [-0.4, -0.2) is 58.5 Å². The van der Waals surface area contributed by atoms with E-state index >= 15 is 0 Å². The van der Waals surface area contributed by atoms with Crippen LogP contribution in [0.1, 0.15) is 26.2 Å². The number of likely N-dealkylation sites (tertiary alicyclic amines) is 1. The topological polar surface area (TPSA) is 55.8 Å². The van der Waals surface area contributed by atoms with Crippen LogP contribution in [0.4, 0.5) is 0 Å². The third-order valence-corrected chi connectivity index (χ3v) is 4.18. The lowest BCUT2D eigenvalue weighted by atomic mass is 10.3. The van der Waals surface area contributed by atoms with Crippen molar-refractivity contribution in [2.24, 2.45) is 0 Å². The molecule has 1 fully saturated rings. The summed E-state index contributed by atoms with van der Waals surface area (Å²) in [6.07, 6.45) is 3.50. The first-order chi connectivity index (χ1) is 8.07. The van der Waals surface area contributed by atoms with E-state index < -0.39 is 10.1 Å². The largest absolute Gasteiger partial charge is 0.377 e. The minimum atomic E-state index is -3.33. The maximum atomic E-state index is 11.2. The van der Waals surface area contributed by atoms with Crippen molar-refractivity contribution in [3.05, 3.63) is 0 Å². The Labute approximate surface area is 104 Å². The van der Waals surface area contributed by atoms with Crippen molar-refractivity contribution in [2.45, 2.75) is 32.3 Å². The summed E-state index contributed by atoms with van der Waals surface area (Å²) in [7, 11) is -2.12. The first-order valence-electron chi connectivity index (χ1n) is 6.19. The Morgan fingerprint density at radius 1 is 1.41 bits per heavy atom. The summed E-state index contributed by atoms with van der Waals surface area (Å²) in [5.41, 5.74) is 0. The van der Waals surface area contributed by atoms with E-state index in [-0.39, 0.29) is 11.9 Å². The highest BCUT2D eigenvalue weighted by atomic mass is 32.2. The molecule has 1 aliphatic rings. The van der Waals surface area contributed by atoms with Gasteiger partial charge in [-0.25, -0.2) is 0 Å². The Morgan fingerprint density at radius 3 is 2.82 bits per heavy atom. The molecule has 0 aromatic heterocycles. The van der Waals surface area contributed by atoms with E-state index in [2.05, 4.69) is 16.0 Å². The lowest BCUT2D eigenvalue weighted by Gasteiger charge is -2.15. The van der Waals surface area contributed by atoms with Gasteiger partial charge < -0.3 is 4.74 Å². The highest BCUT2D eigenvalue weighted by molar-refractivity contribution is 7.86. The van der Waals surface area contributed by atoms with E-state index in [1.807, 2.05) is 0 Å². The van der Waals surface area contributed by atoms with Crippen LogP contribution in [0.15, 0.2) is 0 Å². The minimum absolute atomic E-state index is 0.0607. The van der Waals surface area contributed by atoms with Crippen LogP contribution in [-0.2, 0) is 19.0 Å². The minimum Gasteiger partial charge on any atom is -0.377 e. The van der Waals surface area contributed by atoms with Crippen LogP contribution >= 0.6 is 0 Å². The predicted octanol–water partition coefficient (Wildman–Crippen LogP) is 0.854. The van der Waals surface area contributed by atoms with Crippen molar-refractivity contribution < 1.29 is 17.3 Å². The molecule has 0 spiro atoms. The van der Waals surface area contributed by atoms with Gasteiger partial charge in [0.05, 0.1) is 19.0 Å². The molecule has 1 saturated heterocycles. The Kier molecular flexibility index (Phi) is 6.40. The van der Waals surface area contributed by atoms with Gasteiger partial charge in [-0.15, -0.1) is 0 Å². The smallest absolute Gasteiger partial charge is 0.268 e. The quantitative estimate of drug-likeness (QED) is 0.481. The average Bonchev–Trinajstić information content (AvgIpc) is 2.75. The molecule has 17 heavy (non-hydrogen) atoms. The zero-order valence-corrected chi connectivity index (χ0v) is 11.5. The van der Waals surface area contributed by atoms with Gasteiger partial charge in [0.2, 0.25) is 0 Å². The normalized spacial score (nSPS) is 22.1. The van der Waals surface area contributed by atoms with Gasteiger partial charge in [0.25, 0.3) is 10.1 Å². The van der Waals surface area contributed by atoms with E-state index in [1.165, 1.54) is 7.11 Å². The Bertz CT molecular complexity index is 305. The fourth-order valence-electron chi connectivity index (χ4n) is 1.85. The summed E-state index contributed by atoms with van der Waals surface area (Å²) in [4.78, 5) is 2.12. The lowest BCUT2D eigenvalue weighted by Crippen LogP contribution is -2.29. The van der Waals surface area contributed by atoms with Crippen molar-refractivity contribution in [3.8, 4) is 0 Å². The molecule has 0 aromatic rings. The Balaban J connectivity index is 2.17. The van der Waals surface area contributed by atoms with Crippen LogP contribution in [0.2, 0.25) is 0 Å².